The van der Waals surface area contributed by atoms with Crippen LogP contribution in [0.1, 0.15) is 23.6 Å². The number of guanidine groups is 1. The summed E-state index contributed by atoms with van der Waals surface area (Å²) in [5, 5.41) is 15.0. The molecule has 0 aliphatic carbocycles. The Morgan fingerprint density at radius 3 is 2.46 bits per heavy atom. The number of aliphatic imine (C=N–C) groups is 1. The summed E-state index contributed by atoms with van der Waals surface area (Å²) in [5.74, 6) is 1.53. The number of methoxy groups -OCH3 is 2. The Kier molecular flexibility index (Phi) is 10.1. The Bertz CT molecular complexity index is 853. The fraction of sp³-hybridized carbons (Fsp3) is 0.300. The van der Waals surface area contributed by atoms with Crippen molar-refractivity contribution in [2.75, 3.05) is 20.8 Å². The number of nitrogens with zero attached hydrogens (tertiary/aromatic N) is 2. The first-order chi connectivity index (χ1) is 13.1. The highest BCUT2D eigenvalue weighted by Gasteiger charge is 2.07. The first-order valence-corrected chi connectivity index (χ1v) is 8.52. The number of ether oxygens (including phenoxy) is 2. The first-order valence-electron chi connectivity index (χ1n) is 8.52. The van der Waals surface area contributed by atoms with E-state index in [0.29, 0.717) is 41.7 Å². The Labute approximate surface area is 181 Å². The van der Waals surface area contributed by atoms with Gasteiger partial charge in [0.25, 0.3) is 0 Å². The monoisotopic (exact) mass is 498 g/mol. The molecule has 0 atom stereocenters. The van der Waals surface area contributed by atoms with E-state index in [-0.39, 0.29) is 30.5 Å². The maximum Gasteiger partial charge on any atom is 0.191 e. The van der Waals surface area contributed by atoms with Crippen molar-refractivity contribution in [1.29, 1.82) is 5.26 Å². The Hall–Kier alpha value is -2.54. The molecule has 0 saturated heterocycles. The summed E-state index contributed by atoms with van der Waals surface area (Å²) >= 11 is 0. The molecule has 0 aliphatic rings. The number of nitriles is 1. The van der Waals surface area contributed by atoms with Crippen molar-refractivity contribution in [1.82, 2.24) is 10.6 Å². The lowest BCUT2D eigenvalue weighted by atomic mass is 10.1. The number of nitrogens with one attached hydrogen (secondary N) is 2. The normalized spacial score (nSPS) is 10.5. The summed E-state index contributed by atoms with van der Waals surface area (Å²) in [6.45, 7) is 3.26. The summed E-state index contributed by atoms with van der Waals surface area (Å²) in [6.07, 6.45) is 0. The van der Waals surface area contributed by atoms with Crippen LogP contribution in [-0.2, 0) is 13.1 Å². The highest BCUT2D eigenvalue weighted by Crippen LogP contribution is 2.25. The van der Waals surface area contributed by atoms with Gasteiger partial charge in [-0.2, -0.15) is 5.26 Å². The third kappa shape index (κ3) is 6.56. The van der Waals surface area contributed by atoms with E-state index in [1.165, 1.54) is 6.07 Å². The summed E-state index contributed by atoms with van der Waals surface area (Å²) in [4.78, 5) is 4.53. The zero-order chi connectivity index (χ0) is 19.6. The molecule has 0 saturated carbocycles. The highest BCUT2D eigenvalue weighted by molar-refractivity contribution is 14.0. The predicted octanol–water partition coefficient (Wildman–Crippen LogP) is 3.59. The number of halogens is 2. The minimum atomic E-state index is -0.422. The zero-order valence-electron chi connectivity index (χ0n) is 16.1. The van der Waals surface area contributed by atoms with Gasteiger partial charge < -0.3 is 20.1 Å². The van der Waals surface area contributed by atoms with Crippen molar-refractivity contribution < 1.29 is 13.9 Å². The first kappa shape index (κ1) is 23.5. The minimum Gasteiger partial charge on any atom is -0.497 e. The largest absolute Gasteiger partial charge is 0.497 e. The molecule has 2 rings (SSSR count). The van der Waals surface area contributed by atoms with E-state index < -0.39 is 5.82 Å². The molecule has 0 spiro atoms. The van der Waals surface area contributed by atoms with E-state index in [9.17, 15) is 4.39 Å². The summed E-state index contributed by atoms with van der Waals surface area (Å²) in [7, 11) is 3.20. The average Bonchev–Trinajstić information content (AvgIpc) is 2.70. The number of hydrogen-bond donors (Lipinski definition) is 2. The van der Waals surface area contributed by atoms with E-state index in [4.69, 9.17) is 14.7 Å². The smallest absolute Gasteiger partial charge is 0.191 e. The average molecular weight is 498 g/mol. The fourth-order valence-corrected chi connectivity index (χ4v) is 2.43. The molecule has 0 amide bonds. The number of rotatable bonds is 7. The zero-order valence-corrected chi connectivity index (χ0v) is 18.4. The van der Waals surface area contributed by atoms with Crippen molar-refractivity contribution in [3.05, 3.63) is 58.9 Å². The topological polar surface area (TPSA) is 78.7 Å². The molecule has 6 nitrogen and oxygen atoms in total. The van der Waals surface area contributed by atoms with Crippen LogP contribution in [0, 0.1) is 17.1 Å². The van der Waals surface area contributed by atoms with Crippen LogP contribution in [0.2, 0.25) is 0 Å². The molecule has 8 heteroatoms. The molecular formula is C20H24FIN4O2. The van der Waals surface area contributed by atoms with Gasteiger partial charge in [-0.1, -0.05) is 6.07 Å². The second-order valence-corrected chi connectivity index (χ2v) is 5.64. The van der Waals surface area contributed by atoms with Crippen LogP contribution in [0.5, 0.6) is 11.5 Å². The van der Waals surface area contributed by atoms with Gasteiger partial charge in [0.2, 0.25) is 0 Å². The molecule has 0 heterocycles. The standard InChI is InChI=1S/C20H23FN4O2.HI/c1-4-23-20(24-12-15-6-5-14(11-22)9-18(15)21)25-13-16-7-8-17(26-2)10-19(16)27-3;/h5-10H,4,12-13H2,1-3H3,(H2,23,24,25);1H. The van der Waals surface area contributed by atoms with Crippen molar-refractivity contribution in [2.45, 2.75) is 20.0 Å². The van der Waals surface area contributed by atoms with E-state index in [2.05, 4.69) is 15.6 Å². The summed E-state index contributed by atoms with van der Waals surface area (Å²) < 4.78 is 24.6. The third-order valence-corrected chi connectivity index (χ3v) is 3.87. The highest BCUT2D eigenvalue weighted by atomic mass is 127. The van der Waals surface area contributed by atoms with Gasteiger partial charge in [-0.15, -0.1) is 24.0 Å². The molecule has 2 aromatic carbocycles. The lowest BCUT2D eigenvalue weighted by molar-refractivity contribution is 0.391. The molecule has 0 radical (unpaired) electrons. The van der Waals surface area contributed by atoms with Crippen LogP contribution in [-0.4, -0.2) is 26.7 Å². The molecule has 0 fully saturated rings. The Morgan fingerprint density at radius 2 is 1.86 bits per heavy atom. The minimum absolute atomic E-state index is 0. The molecule has 2 N–H and O–H groups in total. The number of hydrogen-bond acceptors (Lipinski definition) is 4. The number of benzene rings is 2. The van der Waals surface area contributed by atoms with E-state index >= 15 is 0 Å². The van der Waals surface area contributed by atoms with Crippen LogP contribution < -0.4 is 20.1 Å². The molecule has 150 valence electrons. The van der Waals surface area contributed by atoms with E-state index in [1.807, 2.05) is 25.1 Å². The predicted molar refractivity (Wildman–Crippen MR) is 118 cm³/mol. The van der Waals surface area contributed by atoms with E-state index in [0.717, 1.165) is 5.56 Å². The second kappa shape index (κ2) is 12.0. The maximum absolute atomic E-state index is 14.0. The molecule has 0 aliphatic heterocycles. The molecule has 2 aromatic rings. The Balaban J connectivity index is 0.00000392. The molecule has 0 bridgehead atoms. The van der Waals surface area contributed by atoms with Crippen LogP contribution in [0.25, 0.3) is 0 Å². The van der Waals surface area contributed by atoms with Crippen LogP contribution in [0.3, 0.4) is 0 Å². The molecule has 0 aromatic heterocycles. The quantitative estimate of drug-likeness (QED) is 0.347. The molecular weight excluding hydrogens is 474 g/mol. The summed E-state index contributed by atoms with van der Waals surface area (Å²) in [6, 6.07) is 11.9. The van der Waals surface area contributed by atoms with Gasteiger partial charge in [-0.05, 0) is 31.2 Å². The van der Waals surface area contributed by atoms with Gasteiger partial charge in [0.1, 0.15) is 17.3 Å². The fourth-order valence-electron chi connectivity index (χ4n) is 2.43. The van der Waals surface area contributed by atoms with Crippen LogP contribution >= 0.6 is 24.0 Å². The van der Waals surface area contributed by atoms with Gasteiger partial charge in [-0.25, -0.2) is 9.38 Å². The Morgan fingerprint density at radius 1 is 1.11 bits per heavy atom. The van der Waals surface area contributed by atoms with Gasteiger partial charge >= 0.3 is 0 Å². The second-order valence-electron chi connectivity index (χ2n) is 5.64. The third-order valence-electron chi connectivity index (χ3n) is 3.87. The van der Waals surface area contributed by atoms with E-state index in [1.54, 1.807) is 32.4 Å². The molecule has 0 unspecified atom stereocenters. The van der Waals surface area contributed by atoms with Crippen molar-refractivity contribution >= 4 is 29.9 Å². The van der Waals surface area contributed by atoms with Crippen LogP contribution in [0.15, 0.2) is 41.4 Å². The molecule has 28 heavy (non-hydrogen) atoms. The summed E-state index contributed by atoms with van der Waals surface area (Å²) in [5.41, 5.74) is 1.66. The van der Waals surface area contributed by atoms with Crippen molar-refractivity contribution in [3.63, 3.8) is 0 Å². The SMILES string of the molecule is CCNC(=NCc1ccc(OC)cc1OC)NCc1ccc(C#N)cc1F.I. The van der Waals surface area contributed by atoms with Gasteiger partial charge in [0.15, 0.2) is 5.96 Å². The van der Waals surface area contributed by atoms with Crippen molar-refractivity contribution in [3.8, 4) is 17.6 Å². The lowest BCUT2D eigenvalue weighted by Gasteiger charge is -2.13. The van der Waals surface area contributed by atoms with Gasteiger partial charge in [-0.3, -0.25) is 0 Å². The van der Waals surface area contributed by atoms with Gasteiger partial charge in [0.05, 0.1) is 32.4 Å². The van der Waals surface area contributed by atoms with Crippen LogP contribution in [0.4, 0.5) is 4.39 Å². The maximum atomic E-state index is 14.0. The lowest BCUT2D eigenvalue weighted by Crippen LogP contribution is -2.37. The van der Waals surface area contributed by atoms with Crippen molar-refractivity contribution in [2.24, 2.45) is 4.99 Å². The van der Waals surface area contributed by atoms with Gasteiger partial charge in [0, 0.05) is 30.3 Å².